The summed E-state index contributed by atoms with van der Waals surface area (Å²) in [5.74, 6) is 1.54. The van der Waals surface area contributed by atoms with Crippen molar-refractivity contribution < 1.29 is 14.1 Å². The van der Waals surface area contributed by atoms with Gasteiger partial charge in [-0.15, -0.1) is 0 Å². The van der Waals surface area contributed by atoms with Crippen LogP contribution in [0.15, 0.2) is 28.8 Å². The highest BCUT2D eigenvalue weighted by molar-refractivity contribution is 5.77. The minimum atomic E-state index is -0.244. The van der Waals surface area contributed by atoms with Gasteiger partial charge < -0.3 is 15.0 Å². The van der Waals surface area contributed by atoms with Crippen molar-refractivity contribution in [2.24, 2.45) is 11.7 Å². The Morgan fingerprint density at radius 3 is 2.86 bits per heavy atom. The molecule has 1 amide bonds. The van der Waals surface area contributed by atoms with Gasteiger partial charge in [0.2, 0.25) is 17.6 Å². The van der Waals surface area contributed by atoms with E-state index in [0.29, 0.717) is 24.8 Å². The average Bonchev–Trinajstić information content (AvgIpc) is 3.17. The predicted molar refractivity (Wildman–Crippen MR) is 78.9 cm³/mol. The zero-order valence-electron chi connectivity index (χ0n) is 12.4. The maximum absolute atomic E-state index is 11.2. The van der Waals surface area contributed by atoms with Gasteiger partial charge in [-0.25, -0.2) is 0 Å². The summed E-state index contributed by atoms with van der Waals surface area (Å²) in [6.07, 6.45) is 0.787. The average molecular weight is 302 g/mol. The van der Waals surface area contributed by atoms with Crippen LogP contribution < -0.4 is 10.5 Å². The Labute approximate surface area is 128 Å². The number of amides is 1. The number of hydrogen-bond acceptors (Lipinski definition) is 6. The maximum atomic E-state index is 11.2. The van der Waals surface area contributed by atoms with Gasteiger partial charge in [-0.3, -0.25) is 9.69 Å². The summed E-state index contributed by atoms with van der Waals surface area (Å²) in [6, 6.07) is 7.46. The topological polar surface area (TPSA) is 94.5 Å². The number of nitrogens with two attached hydrogens (primary N) is 1. The molecule has 1 atom stereocenters. The fraction of sp³-hybridized carbons (Fsp3) is 0.400. The molecule has 0 aliphatic carbocycles. The van der Waals surface area contributed by atoms with Gasteiger partial charge in [-0.05, 0) is 37.2 Å². The van der Waals surface area contributed by atoms with Crippen molar-refractivity contribution in [2.75, 3.05) is 20.2 Å². The molecule has 0 bridgehead atoms. The standard InChI is InChI=1S/C15H18N4O3/c1-21-12-4-2-10(3-5-12)15-17-13(22-18-15)9-19-7-6-11(8-19)14(16)20/h2-5,11H,6-9H2,1H3,(H2,16,20)/t11-/m1/s1. The van der Waals surface area contributed by atoms with E-state index in [0.717, 1.165) is 24.3 Å². The molecule has 2 aromatic rings. The van der Waals surface area contributed by atoms with Crippen LogP contribution in [0, 0.1) is 5.92 Å². The number of hydrogen-bond donors (Lipinski definition) is 1. The molecule has 0 radical (unpaired) electrons. The molecule has 0 spiro atoms. The number of methoxy groups -OCH3 is 1. The molecule has 22 heavy (non-hydrogen) atoms. The Morgan fingerprint density at radius 2 is 2.23 bits per heavy atom. The third-order valence-corrected chi connectivity index (χ3v) is 3.85. The number of aromatic nitrogens is 2. The molecule has 1 aliphatic heterocycles. The minimum absolute atomic E-state index is 0.0796. The van der Waals surface area contributed by atoms with Gasteiger partial charge in [-0.1, -0.05) is 5.16 Å². The SMILES string of the molecule is COc1ccc(-c2noc(CN3CC[C@@H](C(N)=O)C3)n2)cc1. The summed E-state index contributed by atoms with van der Waals surface area (Å²) in [7, 11) is 1.62. The van der Waals surface area contributed by atoms with Gasteiger partial charge in [0, 0.05) is 12.1 Å². The second kappa shape index (κ2) is 6.15. The predicted octanol–water partition coefficient (Wildman–Crippen LogP) is 1.05. The van der Waals surface area contributed by atoms with Crippen molar-refractivity contribution in [2.45, 2.75) is 13.0 Å². The lowest BCUT2D eigenvalue weighted by Gasteiger charge is -2.11. The third-order valence-electron chi connectivity index (χ3n) is 3.85. The van der Waals surface area contributed by atoms with Gasteiger partial charge in [0.25, 0.3) is 0 Å². The highest BCUT2D eigenvalue weighted by atomic mass is 16.5. The summed E-state index contributed by atoms with van der Waals surface area (Å²) >= 11 is 0. The second-order valence-corrected chi connectivity index (χ2v) is 5.36. The lowest BCUT2D eigenvalue weighted by atomic mass is 10.1. The molecule has 7 heteroatoms. The number of rotatable bonds is 5. The molecule has 1 fully saturated rings. The molecule has 0 unspecified atom stereocenters. The molecule has 1 aromatic carbocycles. The van der Waals surface area contributed by atoms with Crippen LogP contribution in [0.25, 0.3) is 11.4 Å². The molecule has 0 saturated carbocycles. The highest BCUT2D eigenvalue weighted by Crippen LogP contribution is 2.21. The summed E-state index contributed by atoms with van der Waals surface area (Å²) in [6.45, 7) is 2.00. The molecular formula is C15H18N4O3. The number of carbonyl (C=O) groups excluding carboxylic acids is 1. The largest absolute Gasteiger partial charge is 0.497 e. The van der Waals surface area contributed by atoms with Crippen molar-refractivity contribution in [3.05, 3.63) is 30.2 Å². The van der Waals surface area contributed by atoms with Gasteiger partial charge >= 0.3 is 0 Å². The minimum Gasteiger partial charge on any atom is -0.497 e. The fourth-order valence-corrected chi connectivity index (χ4v) is 2.58. The van der Waals surface area contributed by atoms with Crippen molar-refractivity contribution in [1.29, 1.82) is 0 Å². The molecule has 1 aromatic heterocycles. The Bertz CT molecular complexity index is 653. The monoisotopic (exact) mass is 302 g/mol. The van der Waals surface area contributed by atoms with Crippen molar-refractivity contribution in [3.63, 3.8) is 0 Å². The normalized spacial score (nSPS) is 18.5. The Hall–Kier alpha value is -2.41. The maximum Gasteiger partial charge on any atom is 0.241 e. The number of primary amides is 1. The molecule has 2 heterocycles. The number of likely N-dealkylation sites (tertiary alicyclic amines) is 1. The molecule has 7 nitrogen and oxygen atoms in total. The van der Waals surface area contributed by atoms with E-state index in [-0.39, 0.29) is 11.8 Å². The van der Waals surface area contributed by atoms with E-state index in [2.05, 4.69) is 15.0 Å². The first-order valence-electron chi connectivity index (χ1n) is 7.14. The van der Waals surface area contributed by atoms with Gasteiger partial charge in [0.15, 0.2) is 0 Å². The van der Waals surface area contributed by atoms with E-state index < -0.39 is 0 Å². The van der Waals surface area contributed by atoms with Crippen LogP contribution in [0.3, 0.4) is 0 Å². The third kappa shape index (κ3) is 3.09. The van der Waals surface area contributed by atoms with E-state index in [9.17, 15) is 4.79 Å². The van der Waals surface area contributed by atoms with Crippen LogP contribution in [0.2, 0.25) is 0 Å². The Kier molecular flexibility index (Phi) is 4.06. The van der Waals surface area contributed by atoms with E-state index >= 15 is 0 Å². The summed E-state index contributed by atoms with van der Waals surface area (Å²) < 4.78 is 10.4. The van der Waals surface area contributed by atoms with Crippen LogP contribution in [-0.4, -0.2) is 41.1 Å². The van der Waals surface area contributed by atoms with Crippen LogP contribution in [0.5, 0.6) is 5.75 Å². The Morgan fingerprint density at radius 1 is 1.45 bits per heavy atom. The number of carbonyl (C=O) groups is 1. The van der Waals surface area contributed by atoms with Crippen LogP contribution in [0.1, 0.15) is 12.3 Å². The number of nitrogens with zero attached hydrogens (tertiary/aromatic N) is 3. The van der Waals surface area contributed by atoms with Gasteiger partial charge in [0.05, 0.1) is 19.6 Å². The van der Waals surface area contributed by atoms with E-state index in [4.69, 9.17) is 15.0 Å². The highest BCUT2D eigenvalue weighted by Gasteiger charge is 2.27. The molecule has 116 valence electrons. The van der Waals surface area contributed by atoms with Gasteiger partial charge in [-0.2, -0.15) is 4.98 Å². The number of benzene rings is 1. The molecule has 3 rings (SSSR count). The summed E-state index contributed by atoms with van der Waals surface area (Å²) in [5, 5.41) is 3.99. The quantitative estimate of drug-likeness (QED) is 0.887. The van der Waals surface area contributed by atoms with Gasteiger partial charge in [0.1, 0.15) is 5.75 Å². The van der Waals surface area contributed by atoms with E-state index in [1.165, 1.54) is 0 Å². The van der Waals surface area contributed by atoms with Crippen LogP contribution in [-0.2, 0) is 11.3 Å². The van der Waals surface area contributed by atoms with Crippen molar-refractivity contribution in [1.82, 2.24) is 15.0 Å². The first-order chi connectivity index (χ1) is 10.7. The molecule has 1 aliphatic rings. The first-order valence-corrected chi connectivity index (χ1v) is 7.14. The molecular weight excluding hydrogens is 284 g/mol. The summed E-state index contributed by atoms with van der Waals surface area (Å²) in [4.78, 5) is 17.7. The lowest BCUT2D eigenvalue weighted by Crippen LogP contribution is -2.27. The zero-order valence-corrected chi connectivity index (χ0v) is 12.4. The van der Waals surface area contributed by atoms with Crippen LogP contribution in [0.4, 0.5) is 0 Å². The van der Waals surface area contributed by atoms with Crippen molar-refractivity contribution in [3.8, 4) is 17.1 Å². The number of ether oxygens (including phenoxy) is 1. The fourth-order valence-electron chi connectivity index (χ4n) is 2.58. The zero-order chi connectivity index (χ0) is 15.5. The first kappa shape index (κ1) is 14.5. The van der Waals surface area contributed by atoms with E-state index in [1.54, 1.807) is 7.11 Å². The molecule has 1 saturated heterocycles. The van der Waals surface area contributed by atoms with E-state index in [1.807, 2.05) is 24.3 Å². The lowest BCUT2D eigenvalue weighted by molar-refractivity contribution is -0.121. The van der Waals surface area contributed by atoms with Crippen LogP contribution >= 0.6 is 0 Å². The smallest absolute Gasteiger partial charge is 0.241 e. The van der Waals surface area contributed by atoms with Crippen molar-refractivity contribution >= 4 is 5.91 Å². The summed E-state index contributed by atoms with van der Waals surface area (Å²) in [5.41, 5.74) is 6.20. The second-order valence-electron chi connectivity index (χ2n) is 5.36. The molecule has 2 N–H and O–H groups in total. The Balaban J connectivity index is 1.65.